The van der Waals surface area contributed by atoms with Gasteiger partial charge in [0.2, 0.25) is 10.8 Å². The van der Waals surface area contributed by atoms with Gasteiger partial charge < -0.3 is 30.4 Å². The summed E-state index contributed by atoms with van der Waals surface area (Å²) in [6.07, 6.45) is -34.3. The van der Waals surface area contributed by atoms with Crippen LogP contribution in [0.1, 0.15) is 38.9 Å². The summed E-state index contributed by atoms with van der Waals surface area (Å²) in [6.45, 7) is 0. The molecule has 0 aromatic heterocycles. The first-order valence-corrected chi connectivity index (χ1v) is 21.1. The van der Waals surface area contributed by atoms with Crippen molar-refractivity contribution in [3.63, 3.8) is 0 Å². The molecule has 0 fully saturated rings. The monoisotopic (exact) mass is 1090 g/mol. The highest BCUT2D eigenvalue weighted by Gasteiger charge is 2.73. The number of hydrogen-bond donors (Lipinski definition) is 2. The van der Waals surface area contributed by atoms with E-state index in [2.05, 4.69) is 0 Å². The number of nitriles is 1. The van der Waals surface area contributed by atoms with Gasteiger partial charge in [0.1, 0.15) is 57.6 Å². The maximum absolute atomic E-state index is 15.0. The van der Waals surface area contributed by atoms with Gasteiger partial charge in [-0.2, -0.15) is 84.3 Å². The summed E-state index contributed by atoms with van der Waals surface area (Å²) in [4.78, 5) is 0. The lowest BCUT2D eigenvalue weighted by Gasteiger charge is -2.38. The van der Waals surface area contributed by atoms with E-state index in [9.17, 15) is 84.3 Å². The molecule has 398 valence electrons. The first kappa shape index (κ1) is 55.3. The number of anilines is 2. The first-order valence-electron chi connectivity index (χ1n) is 21.1. The van der Waals surface area contributed by atoms with Crippen LogP contribution in [-0.4, -0.2) is 24.7 Å². The molecule has 0 spiro atoms. The van der Waals surface area contributed by atoms with Crippen LogP contribution >= 0.6 is 0 Å². The summed E-state index contributed by atoms with van der Waals surface area (Å²) < 4.78 is 281. The van der Waals surface area contributed by atoms with Crippen LogP contribution in [-0.2, 0) is 23.2 Å². The van der Waals surface area contributed by atoms with E-state index in [0.29, 0.717) is 109 Å². The fourth-order valence-corrected chi connectivity index (χ4v) is 8.06. The van der Waals surface area contributed by atoms with Crippen LogP contribution in [0.4, 0.5) is 90.4 Å². The van der Waals surface area contributed by atoms with Crippen molar-refractivity contribution in [1.82, 2.24) is 0 Å². The van der Waals surface area contributed by atoms with Crippen molar-refractivity contribution in [1.29, 1.82) is 5.26 Å². The summed E-state index contributed by atoms with van der Waals surface area (Å²) in [5, 5.41) is 10.1. The molecule has 7 aromatic carbocycles. The van der Waals surface area contributed by atoms with Gasteiger partial charge >= 0.3 is 37.1 Å². The number of rotatable bonds is 12. The quantitative estimate of drug-likeness (QED) is 0.0926. The maximum atomic E-state index is 15.0. The van der Waals surface area contributed by atoms with Gasteiger partial charge in [0.05, 0.1) is 11.1 Å². The number of nitrogen functional groups attached to an aromatic ring is 2. The number of nitrogens with two attached hydrogens (primary N) is 2. The minimum atomic E-state index is -6.11. The van der Waals surface area contributed by atoms with Crippen molar-refractivity contribution in [2.75, 3.05) is 11.5 Å². The predicted octanol–water partition coefficient (Wildman–Crippen LogP) is 16.8. The molecule has 25 heteroatoms. The molecule has 0 saturated carbocycles. The third kappa shape index (κ3) is 10.5. The van der Waals surface area contributed by atoms with E-state index >= 15 is 0 Å². The molecule has 7 rings (SSSR count). The smallest absolute Gasteiger partial charge is 0.418 e. The van der Waals surface area contributed by atoms with E-state index in [0.717, 1.165) is 42.5 Å². The van der Waals surface area contributed by atoms with E-state index in [-0.39, 0.29) is 0 Å². The second kappa shape index (κ2) is 19.7. The van der Waals surface area contributed by atoms with Crippen LogP contribution in [0, 0.1) is 11.3 Å². The zero-order valence-corrected chi connectivity index (χ0v) is 37.5. The number of nitrogens with zero attached hydrogens (tertiary/aromatic N) is 1. The molecule has 0 aliphatic rings. The molecule has 0 aliphatic carbocycles. The number of hydrogen-bond acceptors (Lipinski definition) is 7. The van der Waals surface area contributed by atoms with Gasteiger partial charge in [0, 0.05) is 11.4 Å². The molecule has 4 N–H and O–H groups in total. The largest absolute Gasteiger partial charge is 0.457 e. The molecule has 0 amide bonds. The predicted molar refractivity (Wildman–Crippen MR) is 235 cm³/mol. The van der Waals surface area contributed by atoms with Gasteiger partial charge in [0.15, 0.2) is 0 Å². The van der Waals surface area contributed by atoms with Crippen molar-refractivity contribution < 1.29 is 98.0 Å². The topological polar surface area (TPSA) is 113 Å². The molecule has 7 nitrogen and oxygen atoms in total. The number of alkyl halides is 18. The van der Waals surface area contributed by atoms with Crippen LogP contribution in [0.25, 0.3) is 0 Å². The summed E-state index contributed by atoms with van der Waals surface area (Å²) in [5.74, 6) is -3.71. The molecule has 0 atom stereocenters. The third-order valence-electron chi connectivity index (χ3n) is 11.5. The Morgan fingerprint density at radius 2 is 0.579 bits per heavy atom. The number of ether oxygens (including phenoxy) is 4. The standard InChI is InChI=1S/C51H29F18N3O4/c52-46(53,54)38-24-35(20-22-40(38)71)73-31-12-4-27(5-13-31)44(48(58,59)60,49(61,62)63)29-8-16-33(17-9-29)75-42-2-1-3-43(37(42)26-70)76-34-18-10-30(11-19-34)45(50(64,65)66,51(67,68)69)28-6-14-32(15-7-28)74-36-21-23-41(72)39(25-36)47(55,56)57/h1-25H,71-72H2. The van der Waals surface area contributed by atoms with E-state index in [1.807, 2.05) is 0 Å². The third-order valence-corrected chi connectivity index (χ3v) is 11.5. The summed E-state index contributed by atoms with van der Waals surface area (Å²) in [7, 11) is 0. The summed E-state index contributed by atoms with van der Waals surface area (Å²) >= 11 is 0. The average molecular weight is 1090 g/mol. The Bertz CT molecular complexity index is 3010. The van der Waals surface area contributed by atoms with Crippen molar-refractivity contribution in [3.8, 4) is 52.1 Å². The van der Waals surface area contributed by atoms with Gasteiger partial charge in [-0.05, 0) is 119 Å². The molecule has 7 aromatic rings. The van der Waals surface area contributed by atoms with E-state index in [1.54, 1.807) is 6.07 Å². The molecule has 76 heavy (non-hydrogen) atoms. The zero-order chi connectivity index (χ0) is 56.0. The Kier molecular flexibility index (Phi) is 14.3. The Labute approximate surface area is 416 Å². The molecular formula is C51H29F18N3O4. The molecule has 0 unspecified atom stereocenters. The number of benzene rings is 7. The van der Waals surface area contributed by atoms with Crippen LogP contribution < -0.4 is 30.4 Å². The second-order valence-electron chi connectivity index (χ2n) is 16.2. The van der Waals surface area contributed by atoms with E-state index in [1.165, 1.54) is 0 Å². The number of halogens is 18. The fraction of sp³-hybridized carbons (Fsp3) is 0.157. The summed E-state index contributed by atoms with van der Waals surface area (Å²) in [5.41, 5.74) is -8.87. The second-order valence-corrected chi connectivity index (χ2v) is 16.2. The van der Waals surface area contributed by atoms with Crippen molar-refractivity contribution in [2.24, 2.45) is 0 Å². The minimum absolute atomic E-state index is 0.411. The lowest BCUT2D eigenvalue weighted by molar-refractivity contribution is -0.290. The zero-order valence-electron chi connectivity index (χ0n) is 37.5. The minimum Gasteiger partial charge on any atom is -0.457 e. The molecule has 0 aliphatic heterocycles. The highest BCUT2D eigenvalue weighted by molar-refractivity contribution is 5.58. The highest BCUT2D eigenvalue weighted by atomic mass is 19.4. The van der Waals surface area contributed by atoms with E-state index < -0.39 is 144 Å². The van der Waals surface area contributed by atoms with Gasteiger partial charge in [0.25, 0.3) is 0 Å². The Hall–Kier alpha value is -8.43. The van der Waals surface area contributed by atoms with Gasteiger partial charge in [-0.25, -0.2) is 0 Å². The van der Waals surface area contributed by atoms with Crippen LogP contribution in [0.2, 0.25) is 0 Å². The van der Waals surface area contributed by atoms with Gasteiger partial charge in [-0.3, -0.25) is 0 Å². The Morgan fingerprint density at radius 3 is 0.816 bits per heavy atom. The highest BCUT2D eigenvalue weighted by Crippen LogP contribution is 2.58. The molecule has 0 saturated heterocycles. The lowest BCUT2D eigenvalue weighted by atomic mass is 9.73. The normalized spacial score (nSPS) is 13.0. The van der Waals surface area contributed by atoms with Crippen LogP contribution in [0.5, 0.6) is 46.0 Å². The van der Waals surface area contributed by atoms with Crippen LogP contribution in [0.15, 0.2) is 152 Å². The lowest BCUT2D eigenvalue weighted by Crippen LogP contribution is -2.54. The molecular weight excluding hydrogens is 1060 g/mol. The van der Waals surface area contributed by atoms with Crippen molar-refractivity contribution >= 4 is 11.4 Å². The molecule has 0 heterocycles. The van der Waals surface area contributed by atoms with Crippen molar-refractivity contribution in [2.45, 2.75) is 47.9 Å². The summed E-state index contributed by atoms with van der Waals surface area (Å²) in [6, 6.07) is 18.4. The van der Waals surface area contributed by atoms with E-state index in [4.69, 9.17) is 30.4 Å². The Balaban J connectivity index is 1.14. The average Bonchev–Trinajstić information content (AvgIpc) is 3.30. The van der Waals surface area contributed by atoms with Crippen molar-refractivity contribution in [3.05, 3.63) is 191 Å². The van der Waals surface area contributed by atoms with Gasteiger partial charge in [-0.1, -0.05) is 54.6 Å². The Morgan fingerprint density at radius 1 is 0.329 bits per heavy atom. The first-order chi connectivity index (χ1) is 35.2. The van der Waals surface area contributed by atoms with Gasteiger partial charge in [-0.15, -0.1) is 0 Å². The van der Waals surface area contributed by atoms with Crippen LogP contribution in [0.3, 0.4) is 0 Å². The maximum Gasteiger partial charge on any atom is 0.418 e. The molecule has 0 bridgehead atoms. The SMILES string of the molecule is N#Cc1c(Oc2ccc(C(c3ccc(Oc4ccc(N)c(C(F)(F)F)c4)cc3)(C(F)(F)F)C(F)(F)F)cc2)cccc1Oc1ccc(C(c2ccc(Oc3ccc(N)c(C(F)(F)F)c3)cc2)(C(F)(F)F)C(F)(F)F)cc1. The fourth-order valence-electron chi connectivity index (χ4n) is 8.06. The molecule has 0 radical (unpaired) electrons.